The number of piperidine rings is 1. The van der Waals surface area contributed by atoms with Gasteiger partial charge in [-0.3, -0.25) is 9.69 Å². The lowest BCUT2D eigenvalue weighted by atomic mass is 9.90. The lowest BCUT2D eigenvalue weighted by molar-refractivity contribution is -0.186. The number of primary amides is 1. The van der Waals surface area contributed by atoms with Gasteiger partial charge >= 0.3 is 0 Å². The van der Waals surface area contributed by atoms with Crippen molar-refractivity contribution in [1.82, 2.24) is 10.2 Å². The minimum absolute atomic E-state index is 0.0925. The van der Waals surface area contributed by atoms with Crippen LogP contribution in [0, 0.1) is 5.92 Å². The summed E-state index contributed by atoms with van der Waals surface area (Å²) < 4.78 is 22.7. The normalized spacial score (nSPS) is 34.4. The standard InChI is InChI=1S/C20H27N3O6/c21-19(25)12-3-5-23(6-4-12)17-18(24)16(15-9-26-20(17)29-15)22-8-11-1-2-13-14(7-11)28-10-27-13/h1-2,7,12,15-18,20,22,24H,3-6,8-10H2,(H2,21,25)/t15-,16-,17-,18+,20-/m1/s1. The first kappa shape index (κ1) is 19.1. The minimum Gasteiger partial charge on any atom is -0.454 e. The van der Waals surface area contributed by atoms with Crippen LogP contribution in [0.5, 0.6) is 11.5 Å². The topological polar surface area (TPSA) is 116 Å². The molecule has 0 aromatic heterocycles. The van der Waals surface area contributed by atoms with Crippen molar-refractivity contribution in [2.24, 2.45) is 11.7 Å². The maximum absolute atomic E-state index is 11.4. The zero-order chi connectivity index (χ0) is 20.0. The molecule has 9 nitrogen and oxygen atoms in total. The van der Waals surface area contributed by atoms with E-state index in [0.29, 0.717) is 39.1 Å². The number of fused-ring (bicyclic) bond motifs is 3. The molecule has 0 unspecified atom stereocenters. The Morgan fingerprint density at radius 1 is 1.24 bits per heavy atom. The highest BCUT2D eigenvalue weighted by Crippen LogP contribution is 2.35. The van der Waals surface area contributed by atoms with Crippen molar-refractivity contribution in [2.75, 3.05) is 26.5 Å². The van der Waals surface area contributed by atoms with Gasteiger partial charge in [0.2, 0.25) is 12.7 Å². The molecule has 5 rings (SSSR count). The number of carbonyl (C=O) groups excluding carboxylic acids is 1. The van der Waals surface area contributed by atoms with E-state index in [4.69, 9.17) is 24.7 Å². The minimum atomic E-state index is -0.639. The van der Waals surface area contributed by atoms with E-state index in [2.05, 4.69) is 10.2 Å². The van der Waals surface area contributed by atoms with Crippen LogP contribution in [0.1, 0.15) is 18.4 Å². The van der Waals surface area contributed by atoms with Crippen LogP contribution in [0.2, 0.25) is 0 Å². The molecular formula is C20H27N3O6. The van der Waals surface area contributed by atoms with Crippen LogP contribution >= 0.6 is 0 Å². The molecule has 0 aliphatic carbocycles. The molecule has 2 bridgehead atoms. The van der Waals surface area contributed by atoms with Gasteiger partial charge in [-0.05, 0) is 43.6 Å². The molecule has 5 atom stereocenters. The van der Waals surface area contributed by atoms with Crippen LogP contribution < -0.4 is 20.5 Å². The predicted molar refractivity (Wildman–Crippen MR) is 101 cm³/mol. The van der Waals surface area contributed by atoms with E-state index in [1.165, 1.54) is 0 Å². The summed E-state index contributed by atoms with van der Waals surface area (Å²) in [7, 11) is 0. The number of rotatable bonds is 5. The second-order valence-corrected chi connectivity index (χ2v) is 8.16. The molecule has 4 heterocycles. The first-order valence-electron chi connectivity index (χ1n) is 10.2. The van der Waals surface area contributed by atoms with Crippen LogP contribution in [0.25, 0.3) is 0 Å². The molecule has 3 saturated heterocycles. The van der Waals surface area contributed by atoms with Gasteiger partial charge in [0.15, 0.2) is 17.8 Å². The summed E-state index contributed by atoms with van der Waals surface area (Å²) >= 11 is 0. The predicted octanol–water partition coefficient (Wildman–Crippen LogP) is -0.445. The number of nitrogens with zero attached hydrogens (tertiary/aromatic N) is 1. The number of amides is 1. The fourth-order valence-corrected chi connectivity index (χ4v) is 4.81. The van der Waals surface area contributed by atoms with Crippen molar-refractivity contribution in [3.8, 4) is 11.5 Å². The van der Waals surface area contributed by atoms with Crippen LogP contribution in [-0.4, -0.2) is 73.0 Å². The molecule has 1 aromatic carbocycles. The second-order valence-electron chi connectivity index (χ2n) is 8.16. The number of hydrogen-bond donors (Lipinski definition) is 3. The zero-order valence-corrected chi connectivity index (χ0v) is 16.2. The van der Waals surface area contributed by atoms with E-state index in [1.54, 1.807) is 0 Å². The Morgan fingerprint density at radius 2 is 2.03 bits per heavy atom. The number of benzene rings is 1. The van der Waals surface area contributed by atoms with Crippen LogP contribution in [0.3, 0.4) is 0 Å². The van der Waals surface area contributed by atoms with E-state index >= 15 is 0 Å². The summed E-state index contributed by atoms with van der Waals surface area (Å²) in [6, 6.07) is 5.31. The summed E-state index contributed by atoms with van der Waals surface area (Å²) in [5.74, 6) is 1.15. The third kappa shape index (κ3) is 3.57. The third-order valence-corrected chi connectivity index (χ3v) is 6.46. The summed E-state index contributed by atoms with van der Waals surface area (Å²) in [4.78, 5) is 13.6. The highest BCUT2D eigenvalue weighted by molar-refractivity contribution is 5.76. The highest BCUT2D eigenvalue weighted by Gasteiger charge is 2.52. The Labute approximate surface area is 169 Å². The van der Waals surface area contributed by atoms with Gasteiger partial charge < -0.3 is 35.1 Å². The number of carbonyl (C=O) groups is 1. The molecule has 0 spiro atoms. The largest absolute Gasteiger partial charge is 0.454 e. The van der Waals surface area contributed by atoms with Crippen LogP contribution in [-0.2, 0) is 20.8 Å². The van der Waals surface area contributed by atoms with E-state index in [9.17, 15) is 9.90 Å². The number of ether oxygens (including phenoxy) is 4. The smallest absolute Gasteiger partial charge is 0.231 e. The van der Waals surface area contributed by atoms with Crippen molar-refractivity contribution in [3.05, 3.63) is 23.8 Å². The lowest BCUT2D eigenvalue weighted by Crippen LogP contribution is -2.65. The maximum atomic E-state index is 11.4. The maximum Gasteiger partial charge on any atom is 0.231 e. The van der Waals surface area contributed by atoms with Crippen molar-refractivity contribution in [2.45, 2.75) is 50.0 Å². The first-order chi connectivity index (χ1) is 14.1. The summed E-state index contributed by atoms with van der Waals surface area (Å²) in [5.41, 5.74) is 6.49. The fraction of sp³-hybridized carbons (Fsp3) is 0.650. The molecule has 4 aliphatic rings. The Balaban J connectivity index is 1.25. The average molecular weight is 405 g/mol. The van der Waals surface area contributed by atoms with Crippen molar-refractivity contribution < 1.29 is 28.8 Å². The van der Waals surface area contributed by atoms with Gasteiger partial charge in [0.1, 0.15) is 6.10 Å². The van der Waals surface area contributed by atoms with Gasteiger partial charge in [-0.25, -0.2) is 0 Å². The van der Waals surface area contributed by atoms with Gasteiger partial charge in [0, 0.05) is 12.5 Å². The number of nitrogens with one attached hydrogen (secondary N) is 1. The van der Waals surface area contributed by atoms with E-state index in [1.807, 2.05) is 18.2 Å². The molecule has 1 amide bonds. The number of nitrogens with two attached hydrogens (primary N) is 1. The second kappa shape index (κ2) is 7.73. The fourth-order valence-electron chi connectivity index (χ4n) is 4.81. The van der Waals surface area contributed by atoms with Gasteiger partial charge in [0.25, 0.3) is 0 Å². The number of hydrogen-bond acceptors (Lipinski definition) is 8. The Bertz CT molecular complexity index is 769. The SMILES string of the molecule is NC(=O)C1CCN([C@H]2[C@@H]3OC[C@@H](O3)[C@@H](NCc3ccc4c(c3)OCO4)[C@@H]2O)CC1. The number of aliphatic hydroxyl groups is 1. The van der Waals surface area contributed by atoms with Crippen molar-refractivity contribution in [1.29, 1.82) is 0 Å². The lowest BCUT2D eigenvalue weighted by Gasteiger charge is -2.46. The van der Waals surface area contributed by atoms with Gasteiger partial charge in [-0.15, -0.1) is 0 Å². The third-order valence-electron chi connectivity index (χ3n) is 6.46. The van der Waals surface area contributed by atoms with E-state index in [0.717, 1.165) is 17.1 Å². The summed E-state index contributed by atoms with van der Waals surface area (Å²) in [6.07, 6.45) is 0.126. The van der Waals surface area contributed by atoms with Crippen LogP contribution in [0.15, 0.2) is 18.2 Å². The quantitative estimate of drug-likeness (QED) is 0.604. The molecular weight excluding hydrogens is 378 g/mol. The Morgan fingerprint density at radius 3 is 2.83 bits per heavy atom. The molecule has 1 aromatic rings. The highest BCUT2D eigenvalue weighted by atomic mass is 16.7. The van der Waals surface area contributed by atoms with Crippen LogP contribution in [0.4, 0.5) is 0 Å². The van der Waals surface area contributed by atoms with E-state index in [-0.39, 0.29) is 36.8 Å². The molecule has 9 heteroatoms. The summed E-state index contributed by atoms with van der Waals surface area (Å²) in [6.45, 7) is 2.65. The Hall–Kier alpha value is -1.91. The molecule has 3 fully saturated rings. The molecule has 29 heavy (non-hydrogen) atoms. The number of likely N-dealkylation sites (tertiary alicyclic amines) is 1. The molecule has 0 radical (unpaired) electrons. The van der Waals surface area contributed by atoms with Gasteiger partial charge in [0.05, 0.1) is 24.8 Å². The number of aliphatic hydroxyl groups excluding tert-OH is 1. The molecule has 0 saturated carbocycles. The Kier molecular flexibility index (Phi) is 5.09. The zero-order valence-electron chi connectivity index (χ0n) is 16.2. The van der Waals surface area contributed by atoms with Crippen molar-refractivity contribution in [3.63, 3.8) is 0 Å². The van der Waals surface area contributed by atoms with Crippen molar-refractivity contribution >= 4 is 5.91 Å². The first-order valence-corrected chi connectivity index (χ1v) is 10.2. The monoisotopic (exact) mass is 405 g/mol. The molecule has 4 N–H and O–H groups in total. The molecule has 4 aliphatic heterocycles. The summed E-state index contributed by atoms with van der Waals surface area (Å²) in [5, 5.41) is 14.6. The molecule has 158 valence electrons. The van der Waals surface area contributed by atoms with Gasteiger partial charge in [-0.2, -0.15) is 0 Å². The van der Waals surface area contributed by atoms with E-state index < -0.39 is 12.4 Å². The van der Waals surface area contributed by atoms with Gasteiger partial charge in [-0.1, -0.05) is 6.07 Å². The average Bonchev–Trinajstić information content (AvgIpc) is 3.36.